The molecule has 0 bridgehead atoms. The molecule has 146 valence electrons. The summed E-state index contributed by atoms with van der Waals surface area (Å²) < 4.78 is 6.14. The quantitative estimate of drug-likeness (QED) is 0.836. The number of carbonyl (C=O) groups excluding carboxylic acids is 2. The minimum atomic E-state index is -1.06. The predicted molar refractivity (Wildman–Crippen MR) is 105 cm³/mol. The maximum absolute atomic E-state index is 13.2. The van der Waals surface area contributed by atoms with Crippen molar-refractivity contribution in [3.05, 3.63) is 11.3 Å². The molecule has 0 radical (unpaired) electrons. The van der Waals surface area contributed by atoms with Crippen LogP contribution in [0.4, 0.5) is 10.6 Å². The molecule has 2 heterocycles. The molecule has 26 heavy (non-hydrogen) atoms. The highest BCUT2D eigenvalue weighted by Gasteiger charge is 2.51. The van der Waals surface area contributed by atoms with E-state index in [2.05, 4.69) is 34.5 Å². The molecule has 1 aliphatic heterocycles. The molecule has 0 spiro atoms. The van der Waals surface area contributed by atoms with Gasteiger partial charge in [-0.05, 0) is 58.8 Å². The smallest absolute Gasteiger partial charge is 0.435 e. The summed E-state index contributed by atoms with van der Waals surface area (Å²) in [7, 11) is -1.06. The van der Waals surface area contributed by atoms with E-state index in [1.54, 1.807) is 6.92 Å². The molecule has 2 aliphatic rings. The van der Waals surface area contributed by atoms with E-state index in [0.717, 1.165) is 30.5 Å². The van der Waals surface area contributed by atoms with Gasteiger partial charge in [-0.15, -0.1) is 5.10 Å². The highest BCUT2D eigenvalue weighted by molar-refractivity contribution is 8.33. The third-order valence-electron chi connectivity index (χ3n) is 5.70. The Morgan fingerprint density at radius 1 is 1.31 bits per heavy atom. The van der Waals surface area contributed by atoms with Crippen molar-refractivity contribution in [2.24, 2.45) is 0 Å². The number of aromatic nitrogens is 2. The Morgan fingerprint density at radius 2 is 1.96 bits per heavy atom. The summed E-state index contributed by atoms with van der Waals surface area (Å²) >= 11 is 0. The molecular formula is C18H30N4O3S. The van der Waals surface area contributed by atoms with Gasteiger partial charge < -0.3 is 15.4 Å². The fourth-order valence-electron chi connectivity index (χ4n) is 3.91. The fourth-order valence-corrected chi connectivity index (χ4v) is 6.03. The molecule has 2 N–H and O–H groups in total. The Balaban J connectivity index is 1.96. The van der Waals surface area contributed by atoms with E-state index in [0.29, 0.717) is 12.4 Å². The third-order valence-corrected chi connectivity index (χ3v) is 8.64. The summed E-state index contributed by atoms with van der Waals surface area (Å²) in [5.74, 6) is 0.512. The summed E-state index contributed by atoms with van der Waals surface area (Å²) in [6.45, 7) is 6.59. The van der Waals surface area contributed by atoms with Crippen LogP contribution in [-0.2, 0) is 21.6 Å². The van der Waals surface area contributed by atoms with Crippen molar-refractivity contribution in [1.82, 2.24) is 15.1 Å². The van der Waals surface area contributed by atoms with Gasteiger partial charge in [-0.3, -0.25) is 4.79 Å². The third kappa shape index (κ3) is 2.83. The molecule has 1 aromatic heterocycles. The number of fused-ring (bicyclic) bond motifs is 1. The second-order valence-corrected chi connectivity index (χ2v) is 12.9. The van der Waals surface area contributed by atoms with Crippen molar-refractivity contribution in [2.45, 2.75) is 56.9 Å². The van der Waals surface area contributed by atoms with E-state index >= 15 is 0 Å². The number of nitrogens with one attached hydrogen (secondary N) is 2. The monoisotopic (exact) mass is 382 g/mol. The number of anilines is 1. The van der Waals surface area contributed by atoms with E-state index in [4.69, 9.17) is 4.74 Å². The van der Waals surface area contributed by atoms with E-state index < -0.39 is 21.7 Å². The van der Waals surface area contributed by atoms with Gasteiger partial charge in [0.1, 0.15) is 0 Å². The van der Waals surface area contributed by atoms with Gasteiger partial charge in [0.2, 0.25) is 5.91 Å². The number of rotatable bonds is 4. The van der Waals surface area contributed by atoms with Crippen LogP contribution in [-0.4, -0.2) is 51.9 Å². The van der Waals surface area contributed by atoms with Crippen LogP contribution in [0.2, 0.25) is 0 Å². The number of hydrogen-bond acceptors (Lipinski definition) is 5. The maximum Gasteiger partial charge on any atom is 0.435 e. The van der Waals surface area contributed by atoms with Gasteiger partial charge in [-0.2, -0.15) is 4.68 Å². The Morgan fingerprint density at radius 3 is 2.46 bits per heavy atom. The zero-order valence-electron chi connectivity index (χ0n) is 16.6. The van der Waals surface area contributed by atoms with Crippen LogP contribution in [0.25, 0.3) is 0 Å². The summed E-state index contributed by atoms with van der Waals surface area (Å²) in [4.78, 5) is 25.5. The molecule has 1 saturated carbocycles. The first-order valence-corrected chi connectivity index (χ1v) is 11.9. The summed E-state index contributed by atoms with van der Waals surface area (Å²) in [6.07, 6.45) is 8.99. The van der Waals surface area contributed by atoms with Gasteiger partial charge in [0, 0.05) is 12.1 Å². The average Bonchev–Trinajstić information content (AvgIpc) is 2.96. The van der Waals surface area contributed by atoms with Crippen LogP contribution in [0.1, 0.15) is 51.3 Å². The minimum absolute atomic E-state index is 0.0345. The van der Waals surface area contributed by atoms with Gasteiger partial charge in [-0.1, -0.05) is 0 Å². The van der Waals surface area contributed by atoms with Gasteiger partial charge in [0.25, 0.3) is 0 Å². The second kappa shape index (κ2) is 6.27. The van der Waals surface area contributed by atoms with Gasteiger partial charge >= 0.3 is 6.09 Å². The minimum Gasteiger partial charge on any atom is -0.448 e. The van der Waals surface area contributed by atoms with Gasteiger partial charge in [-0.25, -0.2) is 14.8 Å². The summed E-state index contributed by atoms with van der Waals surface area (Å²) in [5, 5.41) is 10.8. The second-order valence-electron chi connectivity index (χ2n) is 8.40. The molecule has 3 rings (SSSR count). The molecule has 1 aromatic rings. The summed E-state index contributed by atoms with van der Waals surface area (Å²) in [6, 6.07) is 0. The number of nitrogens with zero attached hydrogens (tertiary/aromatic N) is 2. The van der Waals surface area contributed by atoms with Crippen molar-refractivity contribution in [3.63, 3.8) is 0 Å². The largest absolute Gasteiger partial charge is 0.448 e. The average molecular weight is 383 g/mol. The van der Waals surface area contributed by atoms with E-state index in [1.807, 2.05) is 13.8 Å². The lowest BCUT2D eigenvalue weighted by Crippen LogP contribution is -2.51. The molecule has 0 atom stereocenters. The lowest BCUT2D eigenvalue weighted by molar-refractivity contribution is -0.120. The maximum atomic E-state index is 13.2. The molecular weight excluding hydrogens is 352 g/mol. The van der Waals surface area contributed by atoms with Crippen LogP contribution < -0.4 is 10.6 Å². The van der Waals surface area contributed by atoms with Crippen molar-refractivity contribution in [1.29, 1.82) is 0 Å². The molecule has 0 aromatic carbocycles. The van der Waals surface area contributed by atoms with Crippen LogP contribution in [0.3, 0.4) is 0 Å². The molecule has 1 aliphatic carbocycles. The lowest BCUT2D eigenvalue weighted by Gasteiger charge is -2.53. The van der Waals surface area contributed by atoms with Crippen LogP contribution in [0.15, 0.2) is 0 Å². The molecule has 1 fully saturated rings. The van der Waals surface area contributed by atoms with Gasteiger partial charge in [0.05, 0.1) is 22.6 Å². The van der Waals surface area contributed by atoms with Crippen LogP contribution in [0, 0.1) is 0 Å². The first-order chi connectivity index (χ1) is 12.0. The number of hydrogen-bond donors (Lipinski definition) is 2. The topological polar surface area (TPSA) is 85.2 Å². The standard InChI is InChI=1S/C18H30N4O3S/c1-7-25-16(24)22-13-12(11-19-17(13,2)3)14(21-22)20-15(23)18(9-8-10-18)26(4,5)6/h19H,7-11H2,1-6H3,(H,20,21,23). The fraction of sp³-hybridized carbons (Fsp3) is 0.722. The van der Waals surface area contributed by atoms with E-state index in [9.17, 15) is 9.59 Å². The van der Waals surface area contributed by atoms with Crippen molar-refractivity contribution in [3.8, 4) is 0 Å². The Bertz CT molecular complexity index is 744. The Hall–Kier alpha value is -1.54. The highest BCUT2D eigenvalue weighted by atomic mass is 32.3. The Labute approximate surface area is 156 Å². The summed E-state index contributed by atoms with van der Waals surface area (Å²) in [5.41, 5.74) is 1.22. The predicted octanol–water partition coefficient (Wildman–Crippen LogP) is 2.78. The number of carbonyl (C=O) groups is 2. The SMILES string of the molecule is CCOC(=O)n1nc(NC(=O)C2(S(C)(C)C)CCC2)c2c1C(C)(C)NC2. The van der Waals surface area contributed by atoms with Gasteiger partial charge in [0.15, 0.2) is 5.82 Å². The first kappa shape index (κ1) is 19.2. The van der Waals surface area contributed by atoms with Crippen LogP contribution in [0.5, 0.6) is 0 Å². The zero-order valence-corrected chi connectivity index (χ0v) is 17.4. The number of amides is 1. The normalized spacial score (nSPS) is 20.8. The number of ether oxygens (including phenoxy) is 1. The molecule has 8 heteroatoms. The zero-order chi connectivity index (χ0) is 19.3. The molecule has 7 nitrogen and oxygen atoms in total. The first-order valence-electron chi connectivity index (χ1n) is 9.07. The Kier molecular flexibility index (Phi) is 4.63. The highest BCUT2D eigenvalue weighted by Crippen LogP contribution is 2.60. The molecule has 1 amide bonds. The van der Waals surface area contributed by atoms with E-state index in [1.165, 1.54) is 4.68 Å². The van der Waals surface area contributed by atoms with E-state index in [-0.39, 0.29) is 17.3 Å². The van der Waals surface area contributed by atoms with Crippen molar-refractivity contribution >= 4 is 27.8 Å². The molecule has 0 saturated heterocycles. The molecule has 0 unspecified atom stereocenters. The lowest BCUT2D eigenvalue weighted by atomic mass is 9.83. The van der Waals surface area contributed by atoms with Crippen molar-refractivity contribution < 1.29 is 14.3 Å². The van der Waals surface area contributed by atoms with Crippen LogP contribution >= 0.6 is 10.0 Å². The van der Waals surface area contributed by atoms with Crippen molar-refractivity contribution in [2.75, 3.05) is 30.7 Å².